The number of amides is 1. The molecule has 3 N–H and O–H groups in total. The minimum absolute atomic E-state index is 0.0000890. The van der Waals surface area contributed by atoms with Gasteiger partial charge in [-0.2, -0.15) is 0 Å². The van der Waals surface area contributed by atoms with Gasteiger partial charge in [0.25, 0.3) is 5.91 Å². The Bertz CT molecular complexity index is 1020. The standard InChI is InChI=1S/C22H26Br2N2O3S/c1-5-22(2,3)10-6-7-11-14(8-10)30-21-15(11)20(28)25-19(26-21)16-17(24)12(23)9-13(29-4)18(16)27/h9-10,19,26-27H,5-8H2,1-4H3,(H,25,28). The zero-order valence-electron chi connectivity index (χ0n) is 17.5. The summed E-state index contributed by atoms with van der Waals surface area (Å²) in [6, 6.07) is 1.69. The number of nitrogens with one attached hydrogen (secondary N) is 2. The van der Waals surface area contributed by atoms with Crippen LogP contribution in [0.2, 0.25) is 0 Å². The van der Waals surface area contributed by atoms with Gasteiger partial charge in [0.05, 0.1) is 18.2 Å². The van der Waals surface area contributed by atoms with E-state index in [9.17, 15) is 9.90 Å². The van der Waals surface area contributed by atoms with Gasteiger partial charge in [0.2, 0.25) is 0 Å². The van der Waals surface area contributed by atoms with E-state index >= 15 is 0 Å². The van der Waals surface area contributed by atoms with E-state index in [1.54, 1.807) is 17.4 Å². The molecule has 1 aromatic heterocycles. The van der Waals surface area contributed by atoms with E-state index in [1.807, 2.05) is 0 Å². The molecule has 2 atom stereocenters. The van der Waals surface area contributed by atoms with Crippen LogP contribution in [0.1, 0.15) is 66.1 Å². The number of anilines is 1. The van der Waals surface area contributed by atoms with Crippen molar-refractivity contribution >= 4 is 54.1 Å². The number of carbonyl (C=O) groups is 1. The van der Waals surface area contributed by atoms with Crippen molar-refractivity contribution in [1.29, 1.82) is 0 Å². The first-order valence-corrected chi connectivity index (χ1v) is 12.5. The second-order valence-electron chi connectivity index (χ2n) is 8.68. The quantitative estimate of drug-likeness (QED) is 0.408. The average molecular weight is 558 g/mol. The van der Waals surface area contributed by atoms with E-state index in [2.05, 4.69) is 63.3 Å². The van der Waals surface area contributed by atoms with E-state index < -0.39 is 6.17 Å². The average Bonchev–Trinajstić information content (AvgIpc) is 3.09. The van der Waals surface area contributed by atoms with Gasteiger partial charge in [-0.1, -0.05) is 27.2 Å². The summed E-state index contributed by atoms with van der Waals surface area (Å²) in [6.07, 6.45) is 3.66. The minimum Gasteiger partial charge on any atom is -0.504 e. The Morgan fingerprint density at radius 3 is 2.73 bits per heavy atom. The summed E-state index contributed by atoms with van der Waals surface area (Å²) < 4.78 is 6.70. The molecular weight excluding hydrogens is 532 g/mol. The van der Waals surface area contributed by atoms with Crippen molar-refractivity contribution < 1.29 is 14.6 Å². The Kier molecular flexibility index (Phi) is 5.87. The third-order valence-corrected chi connectivity index (χ3v) is 9.96. The highest BCUT2D eigenvalue weighted by Crippen LogP contribution is 2.49. The number of aromatic hydroxyl groups is 1. The molecule has 162 valence electrons. The first kappa shape index (κ1) is 22.0. The zero-order valence-corrected chi connectivity index (χ0v) is 21.5. The lowest BCUT2D eigenvalue weighted by Crippen LogP contribution is -2.38. The van der Waals surface area contributed by atoms with Crippen LogP contribution >= 0.6 is 43.2 Å². The second-order valence-corrected chi connectivity index (χ2v) is 11.4. The number of phenols is 1. The number of carbonyl (C=O) groups excluding carboxylic acids is 1. The minimum atomic E-state index is -0.561. The summed E-state index contributed by atoms with van der Waals surface area (Å²) in [5.74, 6) is 0.878. The van der Waals surface area contributed by atoms with Gasteiger partial charge < -0.3 is 20.5 Å². The maximum Gasteiger partial charge on any atom is 0.256 e. The van der Waals surface area contributed by atoms with Gasteiger partial charge in [0, 0.05) is 13.8 Å². The molecule has 2 unspecified atom stereocenters. The number of thiophene rings is 1. The van der Waals surface area contributed by atoms with Crippen molar-refractivity contribution in [3.63, 3.8) is 0 Å². The fourth-order valence-corrected chi connectivity index (χ4v) is 6.74. The number of methoxy groups -OCH3 is 1. The van der Waals surface area contributed by atoms with Gasteiger partial charge >= 0.3 is 0 Å². The van der Waals surface area contributed by atoms with Crippen LogP contribution < -0.4 is 15.4 Å². The summed E-state index contributed by atoms with van der Waals surface area (Å²) >= 11 is 8.71. The third kappa shape index (κ3) is 3.54. The van der Waals surface area contributed by atoms with Crippen molar-refractivity contribution in [2.75, 3.05) is 12.4 Å². The van der Waals surface area contributed by atoms with Crippen LogP contribution in [0.5, 0.6) is 11.5 Å². The number of hydrogen-bond donors (Lipinski definition) is 3. The van der Waals surface area contributed by atoms with Crippen molar-refractivity contribution in [2.24, 2.45) is 11.3 Å². The Balaban J connectivity index is 1.70. The molecule has 8 heteroatoms. The number of ether oxygens (including phenoxy) is 1. The van der Waals surface area contributed by atoms with Crippen LogP contribution in [0.4, 0.5) is 5.00 Å². The Hall–Kier alpha value is -1.25. The van der Waals surface area contributed by atoms with Crippen molar-refractivity contribution in [1.82, 2.24) is 5.32 Å². The second kappa shape index (κ2) is 8.02. The summed E-state index contributed by atoms with van der Waals surface area (Å²) in [6.45, 7) is 6.95. The van der Waals surface area contributed by atoms with E-state index in [0.717, 1.165) is 40.7 Å². The van der Waals surface area contributed by atoms with E-state index in [4.69, 9.17) is 4.74 Å². The molecule has 0 saturated heterocycles. The van der Waals surface area contributed by atoms with Gasteiger partial charge in [-0.25, -0.2) is 0 Å². The summed E-state index contributed by atoms with van der Waals surface area (Å²) in [4.78, 5) is 14.4. The molecule has 0 radical (unpaired) electrons. The number of hydrogen-bond acceptors (Lipinski definition) is 5. The Morgan fingerprint density at radius 1 is 1.33 bits per heavy atom. The highest BCUT2D eigenvalue weighted by Gasteiger charge is 2.38. The topological polar surface area (TPSA) is 70.6 Å². The maximum atomic E-state index is 13.1. The molecule has 1 aliphatic carbocycles. The molecule has 2 aromatic rings. The molecule has 30 heavy (non-hydrogen) atoms. The molecule has 0 fully saturated rings. The van der Waals surface area contributed by atoms with Crippen molar-refractivity contribution in [3.8, 4) is 11.5 Å². The lowest BCUT2D eigenvalue weighted by atomic mass is 9.69. The van der Waals surface area contributed by atoms with Crippen molar-refractivity contribution in [3.05, 3.63) is 36.6 Å². The first-order chi connectivity index (χ1) is 14.2. The van der Waals surface area contributed by atoms with Gasteiger partial charge in [0.15, 0.2) is 11.5 Å². The van der Waals surface area contributed by atoms with Crippen LogP contribution in [-0.2, 0) is 12.8 Å². The van der Waals surface area contributed by atoms with Crippen LogP contribution in [0, 0.1) is 11.3 Å². The van der Waals surface area contributed by atoms with E-state index in [0.29, 0.717) is 27.1 Å². The first-order valence-electron chi connectivity index (χ1n) is 10.1. The summed E-state index contributed by atoms with van der Waals surface area (Å²) in [5, 5.41) is 18.1. The highest BCUT2D eigenvalue weighted by molar-refractivity contribution is 9.13. The largest absolute Gasteiger partial charge is 0.504 e. The fourth-order valence-electron chi connectivity index (χ4n) is 4.43. The van der Waals surface area contributed by atoms with Crippen LogP contribution in [0.15, 0.2) is 15.0 Å². The van der Waals surface area contributed by atoms with Crippen molar-refractivity contribution in [2.45, 2.75) is 52.6 Å². The lowest BCUT2D eigenvalue weighted by Gasteiger charge is -2.36. The number of halogens is 2. The molecule has 1 aromatic carbocycles. The van der Waals surface area contributed by atoms with E-state index in [-0.39, 0.29) is 11.7 Å². The molecule has 2 aliphatic rings. The number of benzene rings is 1. The zero-order chi connectivity index (χ0) is 21.8. The van der Waals surface area contributed by atoms with Gasteiger partial charge in [-0.3, -0.25) is 4.79 Å². The van der Waals surface area contributed by atoms with Gasteiger partial charge in [0.1, 0.15) is 11.2 Å². The molecule has 4 rings (SSSR count). The molecular formula is C22H26Br2N2O3S. The van der Waals surface area contributed by atoms with Gasteiger partial charge in [-0.15, -0.1) is 11.3 Å². The smallest absolute Gasteiger partial charge is 0.256 e. The highest BCUT2D eigenvalue weighted by atomic mass is 79.9. The third-order valence-electron chi connectivity index (χ3n) is 6.76. The van der Waals surface area contributed by atoms with E-state index in [1.165, 1.54) is 17.6 Å². The Labute approximate surface area is 197 Å². The molecule has 1 amide bonds. The molecule has 0 saturated carbocycles. The van der Waals surface area contributed by atoms with Crippen LogP contribution in [0.25, 0.3) is 0 Å². The maximum absolute atomic E-state index is 13.1. The normalized spacial score (nSPS) is 20.8. The SMILES string of the molecule is CCC(C)(C)C1CCc2c(sc3c2C(=O)NC(c2c(O)c(OC)cc(Br)c2Br)N3)C1. The monoisotopic (exact) mass is 556 g/mol. The summed E-state index contributed by atoms with van der Waals surface area (Å²) in [5.41, 5.74) is 2.80. The predicted molar refractivity (Wildman–Crippen MR) is 128 cm³/mol. The Morgan fingerprint density at radius 2 is 2.07 bits per heavy atom. The number of fused-ring (bicyclic) bond motifs is 3. The van der Waals surface area contributed by atoms with Crippen LogP contribution in [-0.4, -0.2) is 18.1 Å². The number of phenolic OH excluding ortho intramolecular Hbond substituents is 1. The lowest BCUT2D eigenvalue weighted by molar-refractivity contribution is 0.0934. The predicted octanol–water partition coefficient (Wildman–Crippen LogP) is 6.38. The van der Waals surface area contributed by atoms with Gasteiger partial charge in [-0.05, 0) is 74.1 Å². The van der Waals surface area contributed by atoms with Crippen LogP contribution in [0.3, 0.4) is 0 Å². The number of rotatable bonds is 4. The molecule has 2 heterocycles. The summed E-state index contributed by atoms with van der Waals surface area (Å²) in [7, 11) is 1.51. The molecule has 5 nitrogen and oxygen atoms in total. The molecule has 0 bridgehead atoms. The molecule has 0 spiro atoms. The molecule has 1 aliphatic heterocycles. The fraction of sp³-hybridized carbons (Fsp3) is 0.500.